The molecule has 0 bridgehead atoms. The van der Waals surface area contributed by atoms with Gasteiger partial charge in [0.25, 0.3) is 0 Å². The average molecular weight is 202 g/mol. The zero-order chi connectivity index (χ0) is 11.1. The number of rotatable bonds is 6. The fraction of sp³-hybridized carbons (Fsp3) is 0.900. The monoisotopic (exact) mass is 202 g/mol. The van der Waals surface area contributed by atoms with Gasteiger partial charge in [-0.05, 0) is 12.8 Å². The second-order valence-electron chi connectivity index (χ2n) is 3.78. The van der Waals surface area contributed by atoms with E-state index in [4.69, 9.17) is 10.5 Å². The molecular weight excluding hydrogens is 180 g/mol. The minimum absolute atomic E-state index is 0.0163. The van der Waals surface area contributed by atoms with Gasteiger partial charge in [-0.15, -0.1) is 0 Å². The molecular formula is C10H22N2O2. The Morgan fingerprint density at radius 2 is 2.07 bits per heavy atom. The first-order chi connectivity index (χ1) is 6.52. The number of amides is 1. The molecule has 0 spiro atoms. The molecule has 3 unspecified atom stereocenters. The molecule has 3 N–H and O–H groups in total. The second-order valence-corrected chi connectivity index (χ2v) is 3.78. The lowest BCUT2D eigenvalue weighted by molar-refractivity contribution is -0.124. The maximum absolute atomic E-state index is 11.5. The molecule has 0 saturated carbocycles. The third-order valence-electron chi connectivity index (χ3n) is 2.37. The summed E-state index contributed by atoms with van der Waals surface area (Å²) in [5, 5.41) is 2.81. The zero-order valence-electron chi connectivity index (χ0n) is 9.54. The summed E-state index contributed by atoms with van der Waals surface area (Å²) in [6.45, 7) is 6.41. The van der Waals surface area contributed by atoms with Crippen molar-refractivity contribution in [3.63, 3.8) is 0 Å². The first-order valence-electron chi connectivity index (χ1n) is 5.07. The fourth-order valence-electron chi connectivity index (χ4n) is 1.14. The molecule has 0 fully saturated rings. The SMILES string of the molecule is CCC(C)C(N)C(=O)NC(C)COC. The zero-order valence-corrected chi connectivity index (χ0v) is 9.54. The van der Waals surface area contributed by atoms with Crippen LogP contribution in [0.15, 0.2) is 0 Å². The van der Waals surface area contributed by atoms with Crippen molar-refractivity contribution in [3.05, 3.63) is 0 Å². The molecule has 0 rings (SSSR count). The Kier molecular flexibility index (Phi) is 6.49. The van der Waals surface area contributed by atoms with Gasteiger partial charge in [0.15, 0.2) is 0 Å². The Morgan fingerprint density at radius 3 is 2.50 bits per heavy atom. The van der Waals surface area contributed by atoms with Gasteiger partial charge in [0.2, 0.25) is 5.91 Å². The van der Waals surface area contributed by atoms with Crippen molar-refractivity contribution in [2.75, 3.05) is 13.7 Å². The normalized spacial score (nSPS) is 17.2. The van der Waals surface area contributed by atoms with Crippen LogP contribution in [0.25, 0.3) is 0 Å². The number of methoxy groups -OCH3 is 1. The Bertz CT molecular complexity index is 174. The van der Waals surface area contributed by atoms with E-state index in [9.17, 15) is 4.79 Å². The van der Waals surface area contributed by atoms with Crippen molar-refractivity contribution >= 4 is 5.91 Å². The van der Waals surface area contributed by atoms with Crippen LogP contribution in [0.3, 0.4) is 0 Å². The van der Waals surface area contributed by atoms with Gasteiger partial charge in [0.05, 0.1) is 12.6 Å². The van der Waals surface area contributed by atoms with E-state index in [1.54, 1.807) is 7.11 Å². The average Bonchev–Trinajstić information content (AvgIpc) is 2.15. The van der Waals surface area contributed by atoms with Crippen LogP contribution < -0.4 is 11.1 Å². The van der Waals surface area contributed by atoms with E-state index in [0.29, 0.717) is 6.61 Å². The molecule has 4 nitrogen and oxygen atoms in total. The molecule has 0 radical (unpaired) electrons. The highest BCUT2D eigenvalue weighted by Crippen LogP contribution is 2.05. The third kappa shape index (κ3) is 4.58. The van der Waals surface area contributed by atoms with Crippen LogP contribution in [0.2, 0.25) is 0 Å². The summed E-state index contributed by atoms with van der Waals surface area (Å²) in [6.07, 6.45) is 0.910. The lowest BCUT2D eigenvalue weighted by atomic mass is 9.99. The molecule has 4 heteroatoms. The molecule has 0 aromatic carbocycles. The van der Waals surface area contributed by atoms with Gasteiger partial charge in [-0.25, -0.2) is 0 Å². The topological polar surface area (TPSA) is 64.4 Å². The summed E-state index contributed by atoms with van der Waals surface area (Å²) in [5.74, 6) is 0.119. The van der Waals surface area contributed by atoms with Crippen LogP contribution in [0.4, 0.5) is 0 Å². The van der Waals surface area contributed by atoms with Gasteiger partial charge in [-0.1, -0.05) is 20.3 Å². The van der Waals surface area contributed by atoms with Gasteiger partial charge < -0.3 is 15.8 Å². The van der Waals surface area contributed by atoms with E-state index in [2.05, 4.69) is 5.32 Å². The lowest BCUT2D eigenvalue weighted by Gasteiger charge is -2.20. The molecule has 0 aliphatic carbocycles. The van der Waals surface area contributed by atoms with Crippen LogP contribution in [0.5, 0.6) is 0 Å². The number of carbonyl (C=O) groups is 1. The largest absolute Gasteiger partial charge is 0.383 e. The molecule has 1 amide bonds. The second kappa shape index (κ2) is 6.79. The quantitative estimate of drug-likeness (QED) is 0.659. The van der Waals surface area contributed by atoms with Gasteiger partial charge in [0, 0.05) is 13.2 Å². The molecule has 0 aromatic rings. The van der Waals surface area contributed by atoms with E-state index >= 15 is 0 Å². The van der Waals surface area contributed by atoms with Crippen LogP contribution in [0.1, 0.15) is 27.2 Å². The van der Waals surface area contributed by atoms with Crippen LogP contribution in [-0.2, 0) is 9.53 Å². The van der Waals surface area contributed by atoms with Crippen molar-refractivity contribution in [1.82, 2.24) is 5.32 Å². The summed E-state index contributed by atoms with van der Waals surface area (Å²) in [5.41, 5.74) is 5.76. The summed E-state index contributed by atoms with van der Waals surface area (Å²) < 4.78 is 4.92. The summed E-state index contributed by atoms with van der Waals surface area (Å²) in [4.78, 5) is 11.5. The van der Waals surface area contributed by atoms with Gasteiger partial charge >= 0.3 is 0 Å². The first-order valence-corrected chi connectivity index (χ1v) is 5.07. The highest BCUT2D eigenvalue weighted by Gasteiger charge is 2.20. The molecule has 84 valence electrons. The number of nitrogens with two attached hydrogens (primary N) is 1. The molecule has 0 aromatic heterocycles. The van der Waals surface area contributed by atoms with Gasteiger partial charge in [-0.2, -0.15) is 0 Å². The number of carbonyl (C=O) groups excluding carboxylic acids is 1. The summed E-state index contributed by atoms with van der Waals surface area (Å²) in [6, 6.07) is -0.401. The smallest absolute Gasteiger partial charge is 0.237 e. The lowest BCUT2D eigenvalue weighted by Crippen LogP contribution is -2.48. The van der Waals surface area contributed by atoms with E-state index in [1.165, 1.54) is 0 Å². The van der Waals surface area contributed by atoms with Crippen LogP contribution in [0, 0.1) is 5.92 Å². The van der Waals surface area contributed by atoms with Gasteiger partial charge in [0.1, 0.15) is 0 Å². The van der Waals surface area contributed by atoms with Crippen LogP contribution in [-0.4, -0.2) is 31.7 Å². The third-order valence-corrected chi connectivity index (χ3v) is 2.37. The molecule has 0 saturated heterocycles. The summed E-state index contributed by atoms with van der Waals surface area (Å²) in [7, 11) is 1.61. The first kappa shape index (κ1) is 13.4. The number of nitrogens with one attached hydrogen (secondary N) is 1. The van der Waals surface area contributed by atoms with Crippen molar-refractivity contribution < 1.29 is 9.53 Å². The van der Waals surface area contributed by atoms with E-state index in [1.807, 2.05) is 20.8 Å². The van der Waals surface area contributed by atoms with E-state index in [0.717, 1.165) is 6.42 Å². The van der Waals surface area contributed by atoms with E-state index in [-0.39, 0.29) is 17.9 Å². The fourth-order valence-corrected chi connectivity index (χ4v) is 1.14. The van der Waals surface area contributed by atoms with Crippen molar-refractivity contribution in [2.45, 2.75) is 39.3 Å². The van der Waals surface area contributed by atoms with Crippen molar-refractivity contribution in [3.8, 4) is 0 Å². The minimum Gasteiger partial charge on any atom is -0.383 e. The Hall–Kier alpha value is -0.610. The number of ether oxygens (including phenoxy) is 1. The molecule has 0 aliphatic heterocycles. The minimum atomic E-state index is -0.417. The maximum Gasteiger partial charge on any atom is 0.237 e. The van der Waals surface area contributed by atoms with E-state index < -0.39 is 6.04 Å². The van der Waals surface area contributed by atoms with Gasteiger partial charge in [-0.3, -0.25) is 4.79 Å². The Labute approximate surface area is 86.2 Å². The predicted molar refractivity (Wildman–Crippen MR) is 56.9 cm³/mol. The Balaban J connectivity index is 3.94. The maximum atomic E-state index is 11.5. The molecule has 14 heavy (non-hydrogen) atoms. The molecule has 3 atom stereocenters. The highest BCUT2D eigenvalue weighted by atomic mass is 16.5. The molecule has 0 heterocycles. The number of hydrogen-bond donors (Lipinski definition) is 2. The predicted octanol–water partition coefficient (Wildman–Crippen LogP) is 0.511. The highest BCUT2D eigenvalue weighted by molar-refractivity contribution is 5.82. The molecule has 0 aliphatic rings. The Morgan fingerprint density at radius 1 is 1.50 bits per heavy atom. The number of hydrogen-bond acceptors (Lipinski definition) is 3. The van der Waals surface area contributed by atoms with Crippen molar-refractivity contribution in [1.29, 1.82) is 0 Å². The van der Waals surface area contributed by atoms with Crippen molar-refractivity contribution in [2.24, 2.45) is 11.7 Å². The standard InChI is InChI=1S/C10H22N2O2/c1-5-7(2)9(11)10(13)12-8(3)6-14-4/h7-9H,5-6,11H2,1-4H3,(H,12,13). The summed E-state index contributed by atoms with van der Waals surface area (Å²) >= 11 is 0. The van der Waals surface area contributed by atoms with Crippen LogP contribution >= 0.6 is 0 Å².